The Hall–Kier alpha value is -1.65. The van der Waals surface area contributed by atoms with E-state index < -0.39 is 6.10 Å². The van der Waals surface area contributed by atoms with Gasteiger partial charge in [0.15, 0.2) is 6.10 Å². The van der Waals surface area contributed by atoms with Gasteiger partial charge in [-0.05, 0) is 56.7 Å². The second-order valence-corrected chi connectivity index (χ2v) is 7.51. The molecule has 0 N–H and O–H groups in total. The minimum Gasteiger partial charge on any atom is -0.367 e. The van der Waals surface area contributed by atoms with Crippen LogP contribution in [0.25, 0.3) is 0 Å². The van der Waals surface area contributed by atoms with Crippen LogP contribution in [0.4, 0.5) is 0 Å². The summed E-state index contributed by atoms with van der Waals surface area (Å²) in [6.45, 7) is 4.94. The van der Waals surface area contributed by atoms with E-state index in [0.29, 0.717) is 5.92 Å². The summed E-state index contributed by atoms with van der Waals surface area (Å²) in [5.74, 6) is 0.670. The van der Waals surface area contributed by atoms with Crippen LogP contribution in [0.3, 0.4) is 0 Å². The first-order valence-corrected chi connectivity index (χ1v) is 10.0. The van der Waals surface area contributed by atoms with Crippen molar-refractivity contribution in [3.05, 3.63) is 48.0 Å². The van der Waals surface area contributed by atoms with E-state index in [4.69, 9.17) is 4.74 Å². The van der Waals surface area contributed by atoms with E-state index in [9.17, 15) is 4.79 Å². The molecule has 142 valence electrons. The van der Waals surface area contributed by atoms with E-state index in [1.165, 1.54) is 32.4 Å². The summed E-state index contributed by atoms with van der Waals surface area (Å²) in [6.07, 6.45) is 9.97. The molecular formula is C22H32N2O2. The first-order valence-electron chi connectivity index (χ1n) is 10.0. The topological polar surface area (TPSA) is 32.8 Å². The van der Waals surface area contributed by atoms with Crippen molar-refractivity contribution in [3.63, 3.8) is 0 Å². The number of methoxy groups -OCH3 is 1. The van der Waals surface area contributed by atoms with Crippen LogP contribution in [0.15, 0.2) is 42.5 Å². The lowest BCUT2D eigenvalue weighted by atomic mass is 9.93. The number of ether oxygens (including phenoxy) is 1. The molecule has 1 aliphatic heterocycles. The number of hydrogen-bond acceptors (Lipinski definition) is 3. The molecule has 3 rings (SSSR count). The van der Waals surface area contributed by atoms with Gasteiger partial charge in [-0.3, -0.25) is 4.79 Å². The largest absolute Gasteiger partial charge is 0.367 e. The predicted octanol–water partition coefficient (Wildman–Crippen LogP) is 3.65. The lowest BCUT2D eigenvalue weighted by Gasteiger charge is -2.32. The monoisotopic (exact) mass is 356 g/mol. The van der Waals surface area contributed by atoms with Crippen molar-refractivity contribution in [3.8, 4) is 0 Å². The fourth-order valence-corrected chi connectivity index (χ4v) is 4.07. The van der Waals surface area contributed by atoms with Crippen LogP contribution in [0, 0.1) is 5.92 Å². The normalized spacial score (nSPS) is 21.7. The summed E-state index contributed by atoms with van der Waals surface area (Å²) < 4.78 is 5.62. The zero-order chi connectivity index (χ0) is 18.2. The molecule has 0 bridgehead atoms. The average Bonchev–Trinajstić information content (AvgIpc) is 3.21. The maximum Gasteiger partial charge on any atom is 0.256 e. The molecule has 1 amide bonds. The second-order valence-electron chi connectivity index (χ2n) is 7.51. The quantitative estimate of drug-likeness (QED) is 0.667. The number of allylic oxidation sites excluding steroid dienone is 2. The molecule has 0 unspecified atom stereocenters. The molecule has 1 saturated heterocycles. The van der Waals surface area contributed by atoms with Gasteiger partial charge < -0.3 is 14.5 Å². The number of carbonyl (C=O) groups excluding carboxylic acids is 1. The lowest BCUT2D eigenvalue weighted by molar-refractivity contribution is -0.143. The average molecular weight is 357 g/mol. The van der Waals surface area contributed by atoms with E-state index in [2.05, 4.69) is 22.0 Å². The molecule has 1 aliphatic carbocycles. The van der Waals surface area contributed by atoms with Crippen molar-refractivity contribution in [2.75, 3.05) is 39.8 Å². The molecule has 0 spiro atoms. The number of carbonyl (C=O) groups is 1. The number of hydrogen-bond donors (Lipinski definition) is 0. The predicted molar refractivity (Wildman–Crippen MR) is 105 cm³/mol. The van der Waals surface area contributed by atoms with E-state index in [0.717, 1.165) is 38.0 Å². The van der Waals surface area contributed by atoms with Crippen LogP contribution in [-0.2, 0) is 9.53 Å². The van der Waals surface area contributed by atoms with E-state index in [-0.39, 0.29) is 5.91 Å². The molecule has 4 heteroatoms. The van der Waals surface area contributed by atoms with Crippen LogP contribution in [0.5, 0.6) is 0 Å². The molecule has 1 fully saturated rings. The summed E-state index contributed by atoms with van der Waals surface area (Å²) in [5.41, 5.74) is 0.940. The third-order valence-electron chi connectivity index (χ3n) is 5.62. The SMILES string of the molecule is CO[C@@H](C(=O)N(CCN1CCCC1)C[C@@H]1CC=CCC1)c1ccccc1. The zero-order valence-electron chi connectivity index (χ0n) is 16.0. The maximum atomic E-state index is 13.3. The van der Waals surface area contributed by atoms with Gasteiger partial charge in [0.1, 0.15) is 0 Å². The number of benzene rings is 1. The van der Waals surface area contributed by atoms with Gasteiger partial charge in [-0.1, -0.05) is 42.5 Å². The van der Waals surface area contributed by atoms with Crippen molar-refractivity contribution in [1.29, 1.82) is 0 Å². The van der Waals surface area contributed by atoms with Crippen LogP contribution in [0.1, 0.15) is 43.8 Å². The van der Waals surface area contributed by atoms with Gasteiger partial charge in [0.25, 0.3) is 5.91 Å². The smallest absolute Gasteiger partial charge is 0.256 e. The first kappa shape index (κ1) is 19.1. The van der Waals surface area contributed by atoms with Gasteiger partial charge in [0, 0.05) is 26.7 Å². The Morgan fingerprint density at radius 3 is 2.65 bits per heavy atom. The molecule has 4 nitrogen and oxygen atoms in total. The number of nitrogens with zero attached hydrogens (tertiary/aromatic N) is 2. The van der Waals surface area contributed by atoms with Crippen LogP contribution < -0.4 is 0 Å². The van der Waals surface area contributed by atoms with Gasteiger partial charge in [-0.25, -0.2) is 0 Å². The molecule has 0 aromatic heterocycles. The highest BCUT2D eigenvalue weighted by Gasteiger charge is 2.28. The van der Waals surface area contributed by atoms with Crippen molar-refractivity contribution in [2.45, 2.75) is 38.2 Å². The van der Waals surface area contributed by atoms with Gasteiger partial charge in [-0.15, -0.1) is 0 Å². The van der Waals surface area contributed by atoms with E-state index in [1.54, 1.807) is 7.11 Å². The summed E-state index contributed by atoms with van der Waals surface area (Å²) in [4.78, 5) is 17.9. The lowest BCUT2D eigenvalue weighted by Crippen LogP contribution is -2.43. The number of rotatable bonds is 8. The minimum absolute atomic E-state index is 0.104. The second kappa shape index (κ2) is 9.89. The molecule has 1 aromatic carbocycles. The molecule has 0 saturated carbocycles. The Labute approximate surface area is 157 Å². The Balaban J connectivity index is 1.68. The summed E-state index contributed by atoms with van der Waals surface area (Å²) in [5, 5.41) is 0. The fraction of sp³-hybridized carbons (Fsp3) is 0.591. The molecule has 0 radical (unpaired) electrons. The summed E-state index contributed by atoms with van der Waals surface area (Å²) >= 11 is 0. The highest BCUT2D eigenvalue weighted by Crippen LogP contribution is 2.24. The van der Waals surface area contributed by atoms with Gasteiger partial charge in [-0.2, -0.15) is 0 Å². The van der Waals surface area contributed by atoms with Crippen molar-refractivity contribution < 1.29 is 9.53 Å². The van der Waals surface area contributed by atoms with Crippen molar-refractivity contribution in [2.24, 2.45) is 5.92 Å². The third-order valence-corrected chi connectivity index (χ3v) is 5.62. The molecular weight excluding hydrogens is 324 g/mol. The summed E-state index contributed by atoms with van der Waals surface area (Å²) in [6, 6.07) is 9.87. The zero-order valence-corrected chi connectivity index (χ0v) is 16.0. The fourth-order valence-electron chi connectivity index (χ4n) is 4.07. The van der Waals surface area contributed by atoms with Crippen LogP contribution in [0.2, 0.25) is 0 Å². The molecule has 1 aromatic rings. The van der Waals surface area contributed by atoms with Gasteiger partial charge in [0.2, 0.25) is 0 Å². The van der Waals surface area contributed by atoms with E-state index in [1.807, 2.05) is 30.3 Å². The first-order chi connectivity index (χ1) is 12.8. The Morgan fingerprint density at radius 1 is 1.23 bits per heavy atom. The Bertz CT molecular complexity index is 581. The van der Waals surface area contributed by atoms with Crippen molar-refractivity contribution in [1.82, 2.24) is 9.80 Å². The molecule has 1 heterocycles. The summed E-state index contributed by atoms with van der Waals surface area (Å²) in [7, 11) is 1.64. The maximum absolute atomic E-state index is 13.3. The highest BCUT2D eigenvalue weighted by atomic mass is 16.5. The molecule has 2 aliphatic rings. The van der Waals surface area contributed by atoms with Crippen LogP contribution in [-0.4, -0.2) is 55.5 Å². The highest BCUT2D eigenvalue weighted by molar-refractivity contribution is 5.82. The molecule has 2 atom stereocenters. The van der Waals surface area contributed by atoms with Gasteiger partial charge >= 0.3 is 0 Å². The Kier molecular flexibility index (Phi) is 7.27. The molecule has 26 heavy (non-hydrogen) atoms. The third kappa shape index (κ3) is 5.18. The number of likely N-dealkylation sites (tertiary alicyclic amines) is 1. The minimum atomic E-state index is -0.506. The Morgan fingerprint density at radius 2 is 2.00 bits per heavy atom. The van der Waals surface area contributed by atoms with Crippen molar-refractivity contribution >= 4 is 5.91 Å². The standard InChI is InChI=1S/C22H32N2O2/c1-26-21(20-12-6-3-7-13-20)22(25)24(17-16-23-14-8-9-15-23)18-19-10-4-2-5-11-19/h2-4,6-7,12-13,19,21H,5,8-11,14-18H2,1H3/t19-,21-/m1/s1. The number of amides is 1. The van der Waals surface area contributed by atoms with E-state index >= 15 is 0 Å². The van der Waals surface area contributed by atoms with Crippen LogP contribution >= 0.6 is 0 Å². The van der Waals surface area contributed by atoms with Gasteiger partial charge in [0.05, 0.1) is 0 Å².